The first kappa shape index (κ1) is 26.8. The summed E-state index contributed by atoms with van der Waals surface area (Å²) in [6.45, 7) is 2.38. The van der Waals surface area contributed by atoms with E-state index in [9.17, 15) is 31.1 Å². The summed E-state index contributed by atoms with van der Waals surface area (Å²) in [6, 6.07) is 8.77. The molecule has 1 aliphatic carbocycles. The van der Waals surface area contributed by atoms with E-state index in [2.05, 4.69) is 10.6 Å². The average molecular weight is 502 g/mol. The predicted molar refractivity (Wildman–Crippen MR) is 122 cm³/mol. The number of nitrogens with two attached hydrogens (primary N) is 1. The molecular weight excluding hydrogens is 472 g/mol. The molecule has 35 heavy (non-hydrogen) atoms. The summed E-state index contributed by atoms with van der Waals surface area (Å²) in [5, 5.41) is 6.14. The van der Waals surface area contributed by atoms with Gasteiger partial charge in [0, 0.05) is 18.8 Å². The van der Waals surface area contributed by atoms with E-state index in [1.807, 2.05) is 24.3 Å². The number of carbonyl (C=O) groups is 1. The van der Waals surface area contributed by atoms with Gasteiger partial charge in [0.05, 0.1) is 22.6 Å². The summed E-state index contributed by atoms with van der Waals surface area (Å²) in [5.41, 5.74) is 3.25. The number of rotatable bonds is 7. The molecule has 0 radical (unpaired) electrons. The highest BCUT2D eigenvalue weighted by molar-refractivity contribution is 5.84. The van der Waals surface area contributed by atoms with Crippen LogP contribution in [0.5, 0.6) is 0 Å². The highest BCUT2D eigenvalue weighted by atomic mass is 19.4. The highest BCUT2D eigenvalue weighted by Crippen LogP contribution is 2.40. The van der Waals surface area contributed by atoms with Gasteiger partial charge in [-0.2, -0.15) is 26.3 Å². The van der Waals surface area contributed by atoms with Crippen molar-refractivity contribution in [3.05, 3.63) is 64.7 Å². The molecule has 1 amide bonds. The highest BCUT2D eigenvalue weighted by Gasteiger charge is 2.39. The molecule has 1 atom stereocenters. The summed E-state index contributed by atoms with van der Waals surface area (Å²) < 4.78 is 79.7. The van der Waals surface area contributed by atoms with E-state index in [0.29, 0.717) is 38.1 Å². The van der Waals surface area contributed by atoms with E-state index >= 15 is 0 Å². The number of anilines is 1. The molecule has 0 spiro atoms. The summed E-state index contributed by atoms with van der Waals surface area (Å²) in [4.78, 5) is 13.2. The molecule has 2 aromatic carbocycles. The van der Waals surface area contributed by atoms with E-state index in [1.165, 1.54) is 6.92 Å². The van der Waals surface area contributed by atoms with Crippen molar-refractivity contribution in [2.24, 2.45) is 5.73 Å². The Bertz CT molecular complexity index is 979. The SMILES string of the molecule is CC(C(=O)NC1(c2ccc(NCCN)cc2)CCCCC1)c1cc(C(F)(F)F)cc(C(F)(F)F)c1. The van der Waals surface area contributed by atoms with E-state index in [1.54, 1.807) is 0 Å². The Morgan fingerprint density at radius 2 is 1.49 bits per heavy atom. The zero-order valence-corrected chi connectivity index (χ0v) is 19.3. The Balaban J connectivity index is 1.91. The van der Waals surface area contributed by atoms with E-state index in [-0.39, 0.29) is 11.6 Å². The molecule has 3 rings (SSSR count). The molecule has 4 nitrogen and oxygen atoms in total. The molecule has 10 heteroatoms. The van der Waals surface area contributed by atoms with Crippen LogP contribution in [0.2, 0.25) is 0 Å². The number of alkyl halides is 6. The first-order valence-corrected chi connectivity index (χ1v) is 11.5. The van der Waals surface area contributed by atoms with Crippen LogP contribution in [-0.2, 0) is 22.7 Å². The van der Waals surface area contributed by atoms with Crippen LogP contribution in [0.3, 0.4) is 0 Å². The predicted octanol–water partition coefficient (Wildman–Crippen LogP) is 6.17. The van der Waals surface area contributed by atoms with Gasteiger partial charge < -0.3 is 16.4 Å². The van der Waals surface area contributed by atoms with Crippen LogP contribution < -0.4 is 16.4 Å². The maximum absolute atomic E-state index is 13.3. The standard InChI is InChI=1S/C25H29F6N3O/c1-16(17-13-19(24(26,27)28)15-20(14-17)25(29,30)31)22(35)34-23(9-3-2-4-10-23)18-5-7-21(8-6-18)33-12-11-32/h5-8,13-16,33H,2-4,9-12,32H2,1H3,(H,34,35). The number of hydrogen-bond donors (Lipinski definition) is 3. The normalized spacial score (nSPS) is 17.0. The van der Waals surface area contributed by atoms with Crippen molar-refractivity contribution >= 4 is 11.6 Å². The molecule has 0 aliphatic heterocycles. The summed E-state index contributed by atoms with van der Waals surface area (Å²) in [5.74, 6) is -1.84. The van der Waals surface area contributed by atoms with E-state index in [4.69, 9.17) is 5.73 Å². The van der Waals surface area contributed by atoms with Gasteiger partial charge in [-0.3, -0.25) is 4.79 Å². The summed E-state index contributed by atoms with van der Waals surface area (Å²) in [7, 11) is 0. The van der Waals surface area contributed by atoms with Crippen LogP contribution in [0.25, 0.3) is 0 Å². The zero-order valence-electron chi connectivity index (χ0n) is 19.3. The van der Waals surface area contributed by atoms with Crippen LogP contribution in [-0.4, -0.2) is 19.0 Å². The minimum Gasteiger partial charge on any atom is -0.384 e. The van der Waals surface area contributed by atoms with Gasteiger partial charge in [0.15, 0.2) is 0 Å². The van der Waals surface area contributed by atoms with Gasteiger partial charge in [-0.05, 0) is 61.2 Å². The lowest BCUT2D eigenvalue weighted by molar-refractivity contribution is -0.143. The maximum atomic E-state index is 13.3. The Morgan fingerprint density at radius 1 is 0.943 bits per heavy atom. The van der Waals surface area contributed by atoms with Gasteiger partial charge in [-0.15, -0.1) is 0 Å². The van der Waals surface area contributed by atoms with E-state index < -0.39 is 40.8 Å². The number of halogens is 6. The molecule has 0 aromatic heterocycles. The third-order valence-electron chi connectivity index (χ3n) is 6.48. The lowest BCUT2D eigenvalue weighted by Gasteiger charge is -2.39. The third-order valence-corrected chi connectivity index (χ3v) is 6.48. The summed E-state index contributed by atoms with van der Waals surface area (Å²) in [6.07, 6.45) is -6.05. The first-order chi connectivity index (χ1) is 16.4. The number of benzene rings is 2. The molecule has 0 heterocycles. The monoisotopic (exact) mass is 501 g/mol. The molecule has 1 unspecified atom stereocenters. The van der Waals surface area contributed by atoms with Crippen LogP contribution in [0.15, 0.2) is 42.5 Å². The Kier molecular flexibility index (Phi) is 8.03. The van der Waals surface area contributed by atoms with Crippen molar-refractivity contribution < 1.29 is 31.1 Å². The Hall–Kier alpha value is -2.75. The number of amides is 1. The van der Waals surface area contributed by atoms with Crippen LogP contribution >= 0.6 is 0 Å². The van der Waals surface area contributed by atoms with Crippen molar-refractivity contribution in [3.63, 3.8) is 0 Å². The van der Waals surface area contributed by atoms with Crippen molar-refractivity contribution in [1.29, 1.82) is 0 Å². The maximum Gasteiger partial charge on any atom is 0.416 e. The van der Waals surface area contributed by atoms with Crippen LogP contribution in [0, 0.1) is 0 Å². The van der Waals surface area contributed by atoms with Crippen molar-refractivity contribution in [1.82, 2.24) is 5.32 Å². The fraction of sp³-hybridized carbons (Fsp3) is 0.480. The molecule has 1 aliphatic rings. The van der Waals surface area contributed by atoms with E-state index in [0.717, 1.165) is 30.5 Å². The second-order valence-electron chi connectivity index (χ2n) is 8.99. The third kappa shape index (κ3) is 6.48. The fourth-order valence-corrected chi connectivity index (χ4v) is 4.49. The molecule has 2 aromatic rings. The van der Waals surface area contributed by atoms with Crippen LogP contribution in [0.4, 0.5) is 32.0 Å². The lowest BCUT2D eigenvalue weighted by Crippen LogP contribution is -2.48. The average Bonchev–Trinajstić information content (AvgIpc) is 2.81. The number of carbonyl (C=O) groups excluding carboxylic acids is 1. The quantitative estimate of drug-likeness (QED) is 0.397. The van der Waals surface area contributed by atoms with Gasteiger partial charge >= 0.3 is 12.4 Å². The molecule has 4 N–H and O–H groups in total. The van der Waals surface area contributed by atoms with Gasteiger partial charge in [-0.25, -0.2) is 0 Å². The Morgan fingerprint density at radius 3 is 1.97 bits per heavy atom. The Labute approximate surface area is 200 Å². The second-order valence-corrected chi connectivity index (χ2v) is 8.99. The minimum atomic E-state index is -4.98. The fourth-order valence-electron chi connectivity index (χ4n) is 4.49. The zero-order chi connectivity index (χ0) is 25.9. The second kappa shape index (κ2) is 10.5. The minimum absolute atomic E-state index is 0.0665. The molecule has 1 saturated carbocycles. The van der Waals surface area contributed by atoms with Crippen molar-refractivity contribution in [2.45, 2.75) is 62.8 Å². The number of nitrogens with one attached hydrogen (secondary N) is 2. The van der Waals surface area contributed by atoms with Crippen molar-refractivity contribution in [3.8, 4) is 0 Å². The van der Waals surface area contributed by atoms with Gasteiger partial charge in [-0.1, -0.05) is 31.4 Å². The molecule has 0 bridgehead atoms. The van der Waals surface area contributed by atoms with Crippen molar-refractivity contribution in [2.75, 3.05) is 18.4 Å². The molecule has 1 fully saturated rings. The largest absolute Gasteiger partial charge is 0.416 e. The first-order valence-electron chi connectivity index (χ1n) is 11.5. The van der Waals surface area contributed by atoms with Gasteiger partial charge in [0.2, 0.25) is 5.91 Å². The summed E-state index contributed by atoms with van der Waals surface area (Å²) >= 11 is 0. The van der Waals surface area contributed by atoms with Gasteiger partial charge in [0.1, 0.15) is 0 Å². The lowest BCUT2D eigenvalue weighted by atomic mass is 9.76. The topological polar surface area (TPSA) is 67.2 Å². The van der Waals surface area contributed by atoms with Gasteiger partial charge in [0.25, 0.3) is 0 Å². The number of hydrogen-bond acceptors (Lipinski definition) is 3. The van der Waals surface area contributed by atoms with Crippen LogP contribution in [0.1, 0.15) is 67.2 Å². The smallest absolute Gasteiger partial charge is 0.384 e. The molecule has 192 valence electrons. The molecule has 0 saturated heterocycles. The molecular formula is C25H29F6N3O.